The summed E-state index contributed by atoms with van der Waals surface area (Å²) < 4.78 is 6.78. The van der Waals surface area contributed by atoms with Crippen LogP contribution < -0.4 is 4.74 Å². The number of hydrogen-bond donors (Lipinski definition) is 0. The number of ether oxygens (including phenoxy) is 1. The molecule has 0 atom stereocenters. The zero-order chi connectivity index (χ0) is 12.3. The van der Waals surface area contributed by atoms with Crippen molar-refractivity contribution in [2.24, 2.45) is 11.3 Å². The Morgan fingerprint density at radius 1 is 1.41 bits per heavy atom. The average Bonchev–Trinajstić information content (AvgIpc) is 3.07. The lowest BCUT2D eigenvalue weighted by molar-refractivity contribution is 0.210. The molecule has 1 aromatic rings. The fourth-order valence-electron chi connectivity index (χ4n) is 1.91. The van der Waals surface area contributed by atoms with E-state index in [4.69, 9.17) is 4.74 Å². The molecule has 1 aliphatic rings. The molecule has 0 bridgehead atoms. The topological polar surface area (TPSA) is 22.1 Å². The predicted molar refractivity (Wildman–Crippen MR) is 73.2 cm³/mol. The molecular weight excluding hydrogens is 278 g/mol. The highest BCUT2D eigenvalue weighted by Crippen LogP contribution is 2.50. The zero-order valence-corrected chi connectivity index (χ0v) is 12.2. The summed E-state index contributed by atoms with van der Waals surface area (Å²) in [6.07, 6.45) is 7.01. The summed E-state index contributed by atoms with van der Waals surface area (Å²) in [6.45, 7) is 5.40. The minimum atomic E-state index is 0.457. The molecule has 0 unspecified atom stereocenters. The molecule has 17 heavy (non-hydrogen) atoms. The summed E-state index contributed by atoms with van der Waals surface area (Å²) in [4.78, 5) is 4.24. The Balaban J connectivity index is 1.79. The molecule has 0 N–H and O–H groups in total. The summed E-state index contributed by atoms with van der Waals surface area (Å²) in [7, 11) is 0. The van der Waals surface area contributed by atoms with Gasteiger partial charge in [0.15, 0.2) is 0 Å². The zero-order valence-electron chi connectivity index (χ0n) is 10.6. The van der Waals surface area contributed by atoms with Gasteiger partial charge in [0.1, 0.15) is 0 Å². The molecule has 1 aromatic heterocycles. The molecule has 94 valence electrons. The molecule has 0 radical (unpaired) electrons. The Labute approximate surface area is 112 Å². The van der Waals surface area contributed by atoms with E-state index in [2.05, 4.69) is 34.8 Å². The van der Waals surface area contributed by atoms with Crippen LogP contribution in [0.3, 0.4) is 0 Å². The second kappa shape index (κ2) is 5.38. The van der Waals surface area contributed by atoms with Gasteiger partial charge in [-0.15, -0.1) is 0 Å². The maximum absolute atomic E-state index is 5.79. The van der Waals surface area contributed by atoms with Crippen LogP contribution in [0.25, 0.3) is 0 Å². The molecule has 0 spiro atoms. The first-order valence-electron chi connectivity index (χ1n) is 6.34. The van der Waals surface area contributed by atoms with Crippen molar-refractivity contribution in [2.45, 2.75) is 39.5 Å². The van der Waals surface area contributed by atoms with Gasteiger partial charge in [0, 0.05) is 22.2 Å². The second-order valence-electron chi connectivity index (χ2n) is 5.54. The van der Waals surface area contributed by atoms with Crippen LogP contribution in [0, 0.1) is 11.3 Å². The maximum atomic E-state index is 5.79. The Morgan fingerprint density at radius 2 is 2.18 bits per heavy atom. The van der Waals surface area contributed by atoms with E-state index in [9.17, 15) is 0 Å². The second-order valence-corrected chi connectivity index (χ2v) is 6.45. The van der Waals surface area contributed by atoms with Crippen LogP contribution in [0.1, 0.15) is 39.5 Å². The normalized spacial score (nSPS) is 17.2. The van der Waals surface area contributed by atoms with Crippen molar-refractivity contribution in [1.82, 2.24) is 4.98 Å². The van der Waals surface area contributed by atoms with E-state index in [1.54, 1.807) is 6.20 Å². The number of nitrogens with zero attached hydrogens (tertiary/aromatic N) is 1. The molecular formula is C14H20BrNO. The highest BCUT2D eigenvalue weighted by molar-refractivity contribution is 9.10. The van der Waals surface area contributed by atoms with Crippen LogP contribution in [0.5, 0.6) is 5.88 Å². The van der Waals surface area contributed by atoms with Crippen LogP contribution in [0.2, 0.25) is 0 Å². The van der Waals surface area contributed by atoms with Crippen LogP contribution in [0.4, 0.5) is 0 Å². The molecule has 2 nitrogen and oxygen atoms in total. The van der Waals surface area contributed by atoms with Crippen LogP contribution >= 0.6 is 15.9 Å². The number of pyridine rings is 1. The number of halogens is 1. The number of aromatic nitrogens is 1. The van der Waals surface area contributed by atoms with Gasteiger partial charge in [-0.25, -0.2) is 4.98 Å². The summed E-state index contributed by atoms with van der Waals surface area (Å²) >= 11 is 3.37. The lowest BCUT2D eigenvalue weighted by atomic mass is 9.96. The first-order valence-corrected chi connectivity index (χ1v) is 7.13. The predicted octanol–water partition coefficient (Wildman–Crippen LogP) is 4.44. The first-order chi connectivity index (χ1) is 8.10. The van der Waals surface area contributed by atoms with Crippen LogP contribution in [0.15, 0.2) is 22.8 Å². The SMILES string of the molecule is CC(C)CCC1(COc2ccc(Br)cn2)CC1. The third-order valence-electron chi connectivity index (χ3n) is 3.44. The van der Waals surface area contributed by atoms with Crippen molar-refractivity contribution in [3.05, 3.63) is 22.8 Å². The van der Waals surface area contributed by atoms with Gasteiger partial charge in [0.05, 0.1) is 6.61 Å². The summed E-state index contributed by atoms with van der Waals surface area (Å²) in [5.74, 6) is 1.53. The van der Waals surface area contributed by atoms with E-state index in [1.807, 2.05) is 12.1 Å². The van der Waals surface area contributed by atoms with E-state index in [-0.39, 0.29) is 0 Å². The number of hydrogen-bond acceptors (Lipinski definition) is 2. The van der Waals surface area contributed by atoms with Crippen molar-refractivity contribution in [3.63, 3.8) is 0 Å². The maximum Gasteiger partial charge on any atom is 0.213 e. The molecule has 1 saturated carbocycles. The van der Waals surface area contributed by atoms with Gasteiger partial charge >= 0.3 is 0 Å². The molecule has 2 rings (SSSR count). The van der Waals surface area contributed by atoms with Gasteiger partial charge in [-0.1, -0.05) is 20.3 Å². The van der Waals surface area contributed by atoms with Crippen LogP contribution in [-0.4, -0.2) is 11.6 Å². The van der Waals surface area contributed by atoms with Gasteiger partial charge in [-0.3, -0.25) is 0 Å². The molecule has 3 heteroatoms. The minimum Gasteiger partial charge on any atom is -0.477 e. The van der Waals surface area contributed by atoms with Gasteiger partial charge in [-0.05, 0) is 47.2 Å². The quantitative estimate of drug-likeness (QED) is 0.774. The fourth-order valence-corrected chi connectivity index (χ4v) is 2.15. The lowest BCUT2D eigenvalue weighted by Crippen LogP contribution is -2.14. The van der Waals surface area contributed by atoms with Crippen molar-refractivity contribution < 1.29 is 4.74 Å². The summed E-state index contributed by atoms with van der Waals surface area (Å²) in [6, 6.07) is 3.89. The van der Waals surface area contributed by atoms with Gasteiger partial charge in [0.25, 0.3) is 0 Å². The highest BCUT2D eigenvalue weighted by Gasteiger charge is 2.42. The van der Waals surface area contributed by atoms with Crippen molar-refractivity contribution in [1.29, 1.82) is 0 Å². The van der Waals surface area contributed by atoms with E-state index >= 15 is 0 Å². The minimum absolute atomic E-state index is 0.457. The molecule has 1 fully saturated rings. The van der Waals surface area contributed by atoms with E-state index < -0.39 is 0 Å². The Kier molecular flexibility index (Phi) is 4.08. The molecule has 1 aliphatic carbocycles. The summed E-state index contributed by atoms with van der Waals surface area (Å²) in [5.41, 5.74) is 0.457. The van der Waals surface area contributed by atoms with Gasteiger partial charge < -0.3 is 4.74 Å². The highest BCUT2D eigenvalue weighted by atomic mass is 79.9. The largest absolute Gasteiger partial charge is 0.477 e. The van der Waals surface area contributed by atoms with Crippen molar-refractivity contribution in [2.75, 3.05) is 6.61 Å². The Hall–Kier alpha value is -0.570. The lowest BCUT2D eigenvalue weighted by Gasteiger charge is -2.16. The number of rotatable bonds is 6. The van der Waals surface area contributed by atoms with E-state index in [0.717, 1.165) is 22.9 Å². The smallest absolute Gasteiger partial charge is 0.213 e. The summed E-state index contributed by atoms with van der Waals surface area (Å²) in [5, 5.41) is 0. The standard InChI is InChI=1S/C14H20BrNO/c1-11(2)5-6-14(7-8-14)10-17-13-4-3-12(15)9-16-13/h3-4,9,11H,5-8,10H2,1-2H3. The van der Waals surface area contributed by atoms with E-state index in [1.165, 1.54) is 25.7 Å². The van der Waals surface area contributed by atoms with Crippen LogP contribution in [-0.2, 0) is 0 Å². The Bertz CT molecular complexity index is 357. The Morgan fingerprint density at radius 3 is 2.71 bits per heavy atom. The molecule has 0 aliphatic heterocycles. The molecule has 0 aromatic carbocycles. The third-order valence-corrected chi connectivity index (χ3v) is 3.90. The molecule has 1 heterocycles. The third kappa shape index (κ3) is 3.98. The van der Waals surface area contributed by atoms with Crippen molar-refractivity contribution >= 4 is 15.9 Å². The monoisotopic (exact) mass is 297 g/mol. The van der Waals surface area contributed by atoms with Gasteiger partial charge in [0.2, 0.25) is 5.88 Å². The van der Waals surface area contributed by atoms with Crippen molar-refractivity contribution in [3.8, 4) is 5.88 Å². The van der Waals surface area contributed by atoms with E-state index in [0.29, 0.717) is 5.41 Å². The molecule has 0 saturated heterocycles. The van der Waals surface area contributed by atoms with Gasteiger partial charge in [-0.2, -0.15) is 0 Å². The first kappa shape index (κ1) is 12.9. The average molecular weight is 298 g/mol. The molecule has 0 amide bonds. The fraction of sp³-hybridized carbons (Fsp3) is 0.643.